The maximum Gasteiger partial charge on any atom is 0.219 e. The molecule has 0 aliphatic rings. The predicted octanol–water partition coefficient (Wildman–Crippen LogP) is 3.21. The second-order valence-electron chi connectivity index (χ2n) is 3.91. The smallest absolute Gasteiger partial charge is 0.219 e. The maximum atomic E-state index is 12.7. The number of hydrogen-bond donors (Lipinski definition) is 0. The van der Waals surface area contributed by atoms with Crippen molar-refractivity contribution in [1.29, 1.82) is 0 Å². The van der Waals surface area contributed by atoms with E-state index in [4.69, 9.17) is 4.74 Å². The number of hydrogen-bond acceptors (Lipinski definition) is 3. The minimum Gasteiger partial charge on any atom is -0.477 e. The van der Waals surface area contributed by atoms with Crippen molar-refractivity contribution in [3.63, 3.8) is 0 Å². The van der Waals surface area contributed by atoms with Crippen LogP contribution in [0.3, 0.4) is 0 Å². The number of aromatic nitrogens is 2. The van der Waals surface area contributed by atoms with Crippen molar-refractivity contribution < 1.29 is 9.13 Å². The highest BCUT2D eigenvalue weighted by Gasteiger charge is 2.07. The summed E-state index contributed by atoms with van der Waals surface area (Å²) >= 11 is 0. The van der Waals surface area contributed by atoms with E-state index in [2.05, 4.69) is 23.8 Å². The summed E-state index contributed by atoms with van der Waals surface area (Å²) in [6.07, 6.45) is 5.81. The highest BCUT2D eigenvalue weighted by Crippen LogP contribution is 2.14. The zero-order valence-corrected chi connectivity index (χ0v) is 9.95. The van der Waals surface area contributed by atoms with Gasteiger partial charge in [-0.2, -0.15) is 4.39 Å². The Bertz CT molecular complexity index is 307. The van der Waals surface area contributed by atoms with Crippen LogP contribution in [0, 0.1) is 11.9 Å². The summed E-state index contributed by atoms with van der Waals surface area (Å²) in [4.78, 5) is 7.23. The molecule has 1 heterocycles. The standard InChI is InChI=1S/C12H19FN2O/c1-3-5-6-10(4-2)8-16-12-7-11(13)14-9-15-12/h7,9-10H,3-6,8H2,1-2H3. The van der Waals surface area contributed by atoms with Crippen molar-refractivity contribution in [2.75, 3.05) is 6.61 Å². The molecule has 3 nitrogen and oxygen atoms in total. The fraction of sp³-hybridized carbons (Fsp3) is 0.667. The summed E-state index contributed by atoms with van der Waals surface area (Å²) in [5, 5.41) is 0. The monoisotopic (exact) mass is 226 g/mol. The summed E-state index contributed by atoms with van der Waals surface area (Å²) in [6.45, 7) is 4.92. The van der Waals surface area contributed by atoms with Gasteiger partial charge in [-0.3, -0.25) is 0 Å². The Kier molecular flexibility index (Phi) is 5.75. The Labute approximate surface area is 96.1 Å². The SMILES string of the molecule is CCCCC(CC)COc1cc(F)ncn1. The van der Waals surface area contributed by atoms with Crippen molar-refractivity contribution in [2.45, 2.75) is 39.5 Å². The van der Waals surface area contributed by atoms with Gasteiger partial charge in [0.1, 0.15) is 6.33 Å². The number of halogens is 1. The van der Waals surface area contributed by atoms with E-state index >= 15 is 0 Å². The summed E-state index contributed by atoms with van der Waals surface area (Å²) < 4.78 is 18.2. The molecule has 16 heavy (non-hydrogen) atoms. The largest absolute Gasteiger partial charge is 0.477 e. The average molecular weight is 226 g/mol. The number of ether oxygens (including phenoxy) is 1. The normalized spacial score (nSPS) is 12.4. The van der Waals surface area contributed by atoms with Crippen LogP contribution >= 0.6 is 0 Å². The fourth-order valence-electron chi connectivity index (χ4n) is 1.50. The predicted molar refractivity (Wildman–Crippen MR) is 60.8 cm³/mol. The molecular formula is C12H19FN2O. The van der Waals surface area contributed by atoms with Crippen LogP contribution in [-0.4, -0.2) is 16.6 Å². The van der Waals surface area contributed by atoms with Gasteiger partial charge >= 0.3 is 0 Å². The van der Waals surface area contributed by atoms with Crippen LogP contribution in [0.25, 0.3) is 0 Å². The van der Waals surface area contributed by atoms with Gasteiger partial charge in [0, 0.05) is 0 Å². The minimum atomic E-state index is -0.549. The quantitative estimate of drug-likeness (QED) is 0.670. The summed E-state index contributed by atoms with van der Waals surface area (Å²) in [7, 11) is 0. The van der Waals surface area contributed by atoms with Crippen LogP contribution < -0.4 is 4.74 Å². The van der Waals surface area contributed by atoms with Crippen LogP contribution in [0.15, 0.2) is 12.4 Å². The summed E-state index contributed by atoms with van der Waals surface area (Å²) in [5.74, 6) is 0.298. The molecule has 1 rings (SSSR count). The van der Waals surface area contributed by atoms with E-state index < -0.39 is 5.95 Å². The van der Waals surface area contributed by atoms with E-state index in [1.54, 1.807) is 0 Å². The first-order valence-electron chi connectivity index (χ1n) is 5.86. The highest BCUT2D eigenvalue weighted by molar-refractivity contribution is 5.05. The first-order valence-corrected chi connectivity index (χ1v) is 5.86. The van der Waals surface area contributed by atoms with Gasteiger partial charge in [0.2, 0.25) is 11.8 Å². The van der Waals surface area contributed by atoms with Crippen LogP contribution in [0.4, 0.5) is 4.39 Å². The third-order valence-corrected chi connectivity index (χ3v) is 2.62. The van der Waals surface area contributed by atoms with Crippen molar-refractivity contribution in [1.82, 2.24) is 9.97 Å². The van der Waals surface area contributed by atoms with E-state index in [1.165, 1.54) is 25.2 Å². The lowest BCUT2D eigenvalue weighted by Gasteiger charge is -2.14. The van der Waals surface area contributed by atoms with Crippen LogP contribution in [0.5, 0.6) is 5.88 Å². The van der Waals surface area contributed by atoms with E-state index in [-0.39, 0.29) is 0 Å². The topological polar surface area (TPSA) is 35.0 Å². The number of unbranched alkanes of at least 4 members (excludes halogenated alkanes) is 1. The van der Waals surface area contributed by atoms with Gasteiger partial charge in [0.05, 0.1) is 12.7 Å². The molecule has 1 aromatic rings. The Morgan fingerprint density at radius 1 is 1.38 bits per heavy atom. The molecule has 0 N–H and O–H groups in total. The number of rotatable bonds is 7. The van der Waals surface area contributed by atoms with Gasteiger partial charge in [-0.1, -0.05) is 33.1 Å². The minimum absolute atomic E-state index is 0.322. The molecule has 1 atom stereocenters. The Hall–Kier alpha value is -1.19. The van der Waals surface area contributed by atoms with Gasteiger partial charge in [0.15, 0.2) is 0 Å². The van der Waals surface area contributed by atoms with Crippen molar-refractivity contribution in [2.24, 2.45) is 5.92 Å². The zero-order valence-electron chi connectivity index (χ0n) is 9.95. The molecule has 4 heteroatoms. The van der Waals surface area contributed by atoms with Gasteiger partial charge in [-0.05, 0) is 12.3 Å². The molecule has 0 bridgehead atoms. The van der Waals surface area contributed by atoms with E-state index in [1.807, 2.05) is 0 Å². The molecular weight excluding hydrogens is 207 g/mol. The summed E-state index contributed by atoms with van der Waals surface area (Å²) in [6, 6.07) is 1.21. The molecule has 0 aromatic carbocycles. The molecule has 1 unspecified atom stereocenters. The molecule has 0 saturated carbocycles. The maximum absolute atomic E-state index is 12.7. The molecule has 0 aliphatic heterocycles. The fourth-order valence-corrected chi connectivity index (χ4v) is 1.50. The highest BCUT2D eigenvalue weighted by atomic mass is 19.1. The third kappa shape index (κ3) is 4.55. The van der Waals surface area contributed by atoms with Crippen molar-refractivity contribution in [3.8, 4) is 5.88 Å². The molecule has 0 amide bonds. The van der Waals surface area contributed by atoms with Crippen LogP contribution in [0.2, 0.25) is 0 Å². The third-order valence-electron chi connectivity index (χ3n) is 2.62. The van der Waals surface area contributed by atoms with E-state index in [9.17, 15) is 4.39 Å². The second kappa shape index (κ2) is 7.14. The molecule has 0 aliphatic carbocycles. The Morgan fingerprint density at radius 3 is 2.81 bits per heavy atom. The molecule has 0 radical (unpaired) electrons. The van der Waals surface area contributed by atoms with Crippen molar-refractivity contribution in [3.05, 3.63) is 18.3 Å². The zero-order chi connectivity index (χ0) is 11.8. The Morgan fingerprint density at radius 2 is 2.19 bits per heavy atom. The molecule has 90 valence electrons. The van der Waals surface area contributed by atoms with E-state index in [0.717, 1.165) is 12.8 Å². The average Bonchev–Trinajstić information content (AvgIpc) is 2.29. The van der Waals surface area contributed by atoms with Crippen LogP contribution in [0.1, 0.15) is 39.5 Å². The lowest BCUT2D eigenvalue weighted by molar-refractivity contribution is 0.224. The van der Waals surface area contributed by atoms with E-state index in [0.29, 0.717) is 18.4 Å². The molecule has 0 saturated heterocycles. The molecule has 1 aromatic heterocycles. The lowest BCUT2D eigenvalue weighted by Crippen LogP contribution is -2.12. The Balaban J connectivity index is 2.37. The van der Waals surface area contributed by atoms with Crippen molar-refractivity contribution >= 4 is 0 Å². The van der Waals surface area contributed by atoms with Gasteiger partial charge < -0.3 is 4.74 Å². The summed E-state index contributed by atoms with van der Waals surface area (Å²) in [5.41, 5.74) is 0. The van der Waals surface area contributed by atoms with Gasteiger partial charge in [-0.25, -0.2) is 9.97 Å². The number of nitrogens with zero attached hydrogens (tertiary/aromatic N) is 2. The molecule has 0 fully saturated rings. The van der Waals surface area contributed by atoms with Gasteiger partial charge in [-0.15, -0.1) is 0 Å². The first kappa shape index (κ1) is 12.9. The first-order chi connectivity index (χ1) is 7.76. The lowest BCUT2D eigenvalue weighted by atomic mass is 10.0. The molecule has 0 spiro atoms. The second-order valence-corrected chi connectivity index (χ2v) is 3.91. The van der Waals surface area contributed by atoms with Gasteiger partial charge in [0.25, 0.3) is 0 Å². The van der Waals surface area contributed by atoms with Crippen LogP contribution in [-0.2, 0) is 0 Å².